The van der Waals surface area contributed by atoms with Crippen LogP contribution < -0.4 is 4.74 Å². The Morgan fingerprint density at radius 2 is 2.09 bits per heavy atom. The molecule has 0 amide bonds. The van der Waals surface area contributed by atoms with Gasteiger partial charge < -0.3 is 13.9 Å². The lowest BCUT2D eigenvalue weighted by Crippen LogP contribution is -2.44. The Morgan fingerprint density at radius 3 is 2.65 bits per heavy atom. The van der Waals surface area contributed by atoms with Gasteiger partial charge in [0.05, 0.1) is 24.6 Å². The van der Waals surface area contributed by atoms with Crippen molar-refractivity contribution in [3.05, 3.63) is 24.7 Å². The molecule has 3 heterocycles. The fourth-order valence-electron chi connectivity index (χ4n) is 2.35. The van der Waals surface area contributed by atoms with Crippen molar-refractivity contribution in [1.82, 2.24) is 9.38 Å². The highest BCUT2D eigenvalue weighted by atomic mass is 32.2. The molecule has 7 heteroatoms. The highest BCUT2D eigenvalue weighted by Gasteiger charge is 2.37. The summed E-state index contributed by atoms with van der Waals surface area (Å²) in [7, 11) is -3.54. The maximum atomic E-state index is 12.9. The third-order valence-corrected chi connectivity index (χ3v) is 6.53. The van der Waals surface area contributed by atoms with E-state index < -0.39 is 14.6 Å². The quantitative estimate of drug-likeness (QED) is 0.856. The van der Waals surface area contributed by atoms with E-state index in [0.717, 1.165) is 0 Å². The minimum atomic E-state index is -3.54. The van der Waals surface area contributed by atoms with E-state index in [9.17, 15) is 8.42 Å². The minimum Gasteiger partial charge on any atom is -0.491 e. The van der Waals surface area contributed by atoms with Gasteiger partial charge in [0.25, 0.3) is 0 Å². The third-order valence-electron chi connectivity index (χ3n) is 4.03. The zero-order chi connectivity index (χ0) is 16.9. The second-order valence-corrected chi connectivity index (χ2v) is 10.1. The van der Waals surface area contributed by atoms with Crippen LogP contribution in [0.5, 0.6) is 5.75 Å². The number of sulfone groups is 1. The van der Waals surface area contributed by atoms with Crippen LogP contribution in [0.2, 0.25) is 0 Å². The molecule has 1 saturated heterocycles. The van der Waals surface area contributed by atoms with E-state index in [2.05, 4.69) is 11.9 Å². The third kappa shape index (κ3) is 2.83. The predicted molar refractivity (Wildman–Crippen MR) is 86.6 cm³/mol. The average molecular weight is 338 g/mol. The number of fused-ring (bicyclic) bond motifs is 1. The molecule has 0 aliphatic carbocycles. The lowest BCUT2D eigenvalue weighted by molar-refractivity contribution is -0.120. The van der Waals surface area contributed by atoms with E-state index in [1.165, 1.54) is 0 Å². The number of imidazole rings is 1. The molecular weight excluding hydrogens is 316 g/mol. The Morgan fingerprint density at radius 1 is 1.39 bits per heavy atom. The van der Waals surface area contributed by atoms with E-state index in [1.807, 2.05) is 0 Å². The van der Waals surface area contributed by atoms with Gasteiger partial charge in [-0.05, 0) is 20.8 Å². The Bertz CT molecular complexity index is 829. The Balaban J connectivity index is 2.05. The van der Waals surface area contributed by atoms with Crippen LogP contribution in [0.4, 0.5) is 0 Å². The van der Waals surface area contributed by atoms with Crippen molar-refractivity contribution in [2.45, 2.75) is 37.3 Å². The van der Waals surface area contributed by atoms with E-state index in [1.54, 1.807) is 49.8 Å². The molecule has 1 aliphatic rings. The molecule has 3 rings (SSSR count). The SMILES string of the molecule is CC1(COc2cc3nccn3cc2S(=O)(=O)C(C)(C)C)COC1. The molecule has 2 aromatic heterocycles. The van der Waals surface area contributed by atoms with Gasteiger partial charge >= 0.3 is 0 Å². The number of pyridine rings is 1. The number of aromatic nitrogens is 2. The first kappa shape index (κ1) is 16.3. The van der Waals surface area contributed by atoms with Crippen LogP contribution in [0.1, 0.15) is 27.7 Å². The van der Waals surface area contributed by atoms with Gasteiger partial charge in [-0.3, -0.25) is 0 Å². The van der Waals surface area contributed by atoms with E-state index in [0.29, 0.717) is 31.2 Å². The summed E-state index contributed by atoms with van der Waals surface area (Å²) >= 11 is 0. The summed E-state index contributed by atoms with van der Waals surface area (Å²) in [5, 5.41) is 0. The number of hydrogen-bond acceptors (Lipinski definition) is 5. The topological polar surface area (TPSA) is 69.9 Å². The van der Waals surface area contributed by atoms with Gasteiger partial charge in [0.1, 0.15) is 16.3 Å². The zero-order valence-corrected chi connectivity index (χ0v) is 14.7. The fraction of sp³-hybridized carbons (Fsp3) is 0.562. The first-order chi connectivity index (χ1) is 10.6. The molecule has 23 heavy (non-hydrogen) atoms. The molecule has 0 spiro atoms. The molecule has 0 saturated carbocycles. The zero-order valence-electron chi connectivity index (χ0n) is 13.9. The summed E-state index contributed by atoms with van der Waals surface area (Å²) in [4.78, 5) is 4.40. The molecule has 126 valence electrons. The summed E-state index contributed by atoms with van der Waals surface area (Å²) in [5.74, 6) is 0.353. The van der Waals surface area contributed by atoms with Crippen molar-refractivity contribution in [2.24, 2.45) is 5.41 Å². The van der Waals surface area contributed by atoms with E-state index >= 15 is 0 Å². The highest BCUT2D eigenvalue weighted by Crippen LogP contribution is 2.35. The van der Waals surface area contributed by atoms with E-state index in [4.69, 9.17) is 9.47 Å². The molecule has 0 bridgehead atoms. The predicted octanol–water partition coefficient (Wildman–Crippen LogP) is 2.32. The molecule has 1 aliphatic heterocycles. The number of rotatable bonds is 4. The van der Waals surface area contributed by atoms with Crippen LogP contribution in [0.15, 0.2) is 29.6 Å². The van der Waals surface area contributed by atoms with Gasteiger partial charge in [-0.15, -0.1) is 0 Å². The van der Waals surface area contributed by atoms with Gasteiger partial charge in [0.2, 0.25) is 0 Å². The maximum Gasteiger partial charge on any atom is 0.188 e. The van der Waals surface area contributed by atoms with Crippen molar-refractivity contribution in [2.75, 3.05) is 19.8 Å². The van der Waals surface area contributed by atoms with Gasteiger partial charge in [0, 0.05) is 30.1 Å². The normalized spacial score (nSPS) is 17.9. The van der Waals surface area contributed by atoms with Crippen LogP contribution in [0.3, 0.4) is 0 Å². The number of nitrogens with zero attached hydrogens (tertiary/aromatic N) is 2. The van der Waals surface area contributed by atoms with Crippen LogP contribution in [0.25, 0.3) is 5.65 Å². The largest absolute Gasteiger partial charge is 0.491 e. The second-order valence-electron chi connectivity index (χ2n) is 7.40. The van der Waals surface area contributed by atoms with Crippen LogP contribution in [0, 0.1) is 5.41 Å². The minimum absolute atomic E-state index is 0.0652. The first-order valence-corrected chi connectivity index (χ1v) is 9.03. The Labute approximate surface area is 136 Å². The second kappa shape index (κ2) is 5.21. The standard InChI is InChI=1S/C16H22N2O4S/c1-15(2,3)23(19,20)13-8-18-6-5-17-14(18)7-12(13)22-11-16(4)9-21-10-16/h5-8H,9-11H2,1-4H3. The van der Waals surface area contributed by atoms with Crippen LogP contribution in [-0.2, 0) is 14.6 Å². The monoisotopic (exact) mass is 338 g/mol. The molecule has 0 N–H and O–H groups in total. The first-order valence-electron chi connectivity index (χ1n) is 7.54. The Kier molecular flexibility index (Phi) is 3.68. The molecule has 2 aromatic rings. The molecule has 6 nitrogen and oxygen atoms in total. The molecule has 0 radical (unpaired) electrons. The molecule has 0 unspecified atom stereocenters. The average Bonchev–Trinajstić information content (AvgIpc) is 2.87. The van der Waals surface area contributed by atoms with Crippen molar-refractivity contribution in [3.63, 3.8) is 0 Å². The highest BCUT2D eigenvalue weighted by molar-refractivity contribution is 7.92. The molecule has 1 fully saturated rings. The summed E-state index contributed by atoms with van der Waals surface area (Å²) in [5.41, 5.74) is 0.590. The summed E-state index contributed by atoms with van der Waals surface area (Å²) in [6, 6.07) is 1.68. The maximum absolute atomic E-state index is 12.9. The summed E-state index contributed by atoms with van der Waals surface area (Å²) in [6.45, 7) is 8.78. The van der Waals surface area contributed by atoms with E-state index in [-0.39, 0.29) is 10.3 Å². The van der Waals surface area contributed by atoms with Crippen molar-refractivity contribution < 1.29 is 17.9 Å². The lowest BCUT2D eigenvalue weighted by Gasteiger charge is -2.37. The molecule has 0 aromatic carbocycles. The van der Waals surface area contributed by atoms with Crippen molar-refractivity contribution >= 4 is 15.5 Å². The van der Waals surface area contributed by atoms with Crippen LogP contribution in [-0.4, -0.2) is 42.4 Å². The van der Waals surface area contributed by atoms with Gasteiger partial charge in [-0.25, -0.2) is 13.4 Å². The summed E-state index contributed by atoms with van der Waals surface area (Å²) < 4.78 is 37.7. The van der Waals surface area contributed by atoms with Gasteiger partial charge in [-0.2, -0.15) is 0 Å². The lowest BCUT2D eigenvalue weighted by atomic mass is 9.90. The van der Waals surface area contributed by atoms with Gasteiger partial charge in [0.15, 0.2) is 9.84 Å². The number of hydrogen-bond donors (Lipinski definition) is 0. The summed E-state index contributed by atoms with van der Waals surface area (Å²) in [6.07, 6.45) is 4.94. The molecular formula is C16H22N2O4S. The fourth-order valence-corrected chi connectivity index (χ4v) is 3.65. The van der Waals surface area contributed by atoms with Crippen LogP contribution >= 0.6 is 0 Å². The Hall–Kier alpha value is -1.60. The number of ether oxygens (including phenoxy) is 2. The van der Waals surface area contributed by atoms with Crippen molar-refractivity contribution in [3.8, 4) is 5.75 Å². The van der Waals surface area contributed by atoms with Crippen molar-refractivity contribution in [1.29, 1.82) is 0 Å². The smallest absolute Gasteiger partial charge is 0.188 e. The van der Waals surface area contributed by atoms with Gasteiger partial charge in [-0.1, -0.05) is 6.92 Å². The molecule has 0 atom stereocenters.